The number of phenols is 3. The van der Waals surface area contributed by atoms with Crippen molar-refractivity contribution in [2.45, 2.75) is 13.3 Å². The molecule has 0 amide bonds. The molecule has 0 spiro atoms. The minimum absolute atomic E-state index is 0.109. The number of esters is 1. The first kappa shape index (κ1) is 24.9. The summed E-state index contributed by atoms with van der Waals surface area (Å²) in [4.78, 5) is 13.0. The van der Waals surface area contributed by atoms with Gasteiger partial charge in [-0.15, -0.1) is 0 Å². The summed E-state index contributed by atoms with van der Waals surface area (Å²) in [5.74, 6) is 9.22. The first-order valence-electron chi connectivity index (χ1n) is 10.7. The van der Waals surface area contributed by atoms with Gasteiger partial charge in [0.1, 0.15) is 11.5 Å². The molecule has 178 valence electrons. The summed E-state index contributed by atoms with van der Waals surface area (Å²) in [5.41, 5.74) is 0.466. The van der Waals surface area contributed by atoms with Crippen LogP contribution in [0.25, 0.3) is 0 Å². The van der Waals surface area contributed by atoms with Crippen LogP contribution in [0.3, 0.4) is 0 Å². The molecule has 0 aliphatic carbocycles. The minimum atomic E-state index is -0.838. The van der Waals surface area contributed by atoms with Gasteiger partial charge >= 0.3 is 5.97 Å². The van der Waals surface area contributed by atoms with Crippen LogP contribution in [0.1, 0.15) is 46.0 Å². The summed E-state index contributed by atoms with van der Waals surface area (Å²) in [6.07, 6.45) is 0.557. The van der Waals surface area contributed by atoms with Crippen LogP contribution in [0, 0.1) is 23.7 Å². The zero-order valence-electron chi connectivity index (χ0n) is 19.5. The topological polar surface area (TPSA) is 105 Å². The highest BCUT2D eigenvalue weighted by Crippen LogP contribution is 2.43. The summed E-state index contributed by atoms with van der Waals surface area (Å²) in [5, 5.41) is 31.5. The third-order valence-corrected chi connectivity index (χ3v) is 4.91. The number of aromatic hydroxyl groups is 3. The first-order chi connectivity index (χ1) is 16.9. The second kappa shape index (κ2) is 11.4. The number of hydrogen-bond donors (Lipinski definition) is 3. The summed E-state index contributed by atoms with van der Waals surface area (Å²) in [6.45, 7) is 1.94. The highest BCUT2D eigenvalue weighted by atomic mass is 16.5. The average Bonchev–Trinajstić information content (AvgIpc) is 2.89. The van der Waals surface area contributed by atoms with Crippen LogP contribution >= 0.6 is 0 Å². The van der Waals surface area contributed by atoms with Crippen LogP contribution in [0.4, 0.5) is 0 Å². The zero-order chi connectivity index (χ0) is 25.4. The van der Waals surface area contributed by atoms with Crippen molar-refractivity contribution < 1.29 is 34.3 Å². The predicted octanol–water partition coefficient (Wildman–Crippen LogP) is 4.19. The van der Waals surface area contributed by atoms with Gasteiger partial charge in [-0.25, -0.2) is 4.79 Å². The smallest absolute Gasteiger partial charge is 0.340 e. The van der Waals surface area contributed by atoms with Gasteiger partial charge in [-0.05, 0) is 55.0 Å². The Morgan fingerprint density at radius 1 is 0.714 bits per heavy atom. The summed E-state index contributed by atoms with van der Waals surface area (Å²) in [7, 11) is 3.08. The largest absolute Gasteiger partial charge is 0.503 e. The summed E-state index contributed by atoms with van der Waals surface area (Å²) in [6, 6.07) is 13.6. The molecule has 0 aromatic heterocycles. The van der Waals surface area contributed by atoms with Crippen LogP contribution < -0.4 is 9.47 Å². The van der Waals surface area contributed by atoms with Gasteiger partial charge in [-0.3, -0.25) is 0 Å². The Bertz CT molecular complexity index is 1240. The van der Waals surface area contributed by atoms with E-state index in [1.165, 1.54) is 0 Å². The molecule has 35 heavy (non-hydrogen) atoms. The zero-order valence-corrected chi connectivity index (χ0v) is 19.5. The van der Waals surface area contributed by atoms with E-state index in [2.05, 4.69) is 23.7 Å². The first-order valence-corrected chi connectivity index (χ1v) is 10.7. The van der Waals surface area contributed by atoms with E-state index in [0.717, 1.165) is 0 Å². The molecule has 3 aromatic rings. The van der Waals surface area contributed by atoms with E-state index in [4.69, 9.17) is 14.2 Å². The van der Waals surface area contributed by atoms with Crippen LogP contribution in [-0.2, 0) is 4.74 Å². The van der Waals surface area contributed by atoms with Gasteiger partial charge in [0.15, 0.2) is 11.5 Å². The third-order valence-electron chi connectivity index (χ3n) is 4.91. The molecule has 3 aromatic carbocycles. The highest BCUT2D eigenvalue weighted by Gasteiger charge is 2.27. The molecule has 3 rings (SSSR count). The van der Waals surface area contributed by atoms with Crippen molar-refractivity contribution >= 4 is 5.97 Å². The SMILES string of the molecule is CCCOC(=O)c1c(C#Cc2ccc(OC)cc2)c(O)c(O)c(O)c1C#Cc1ccc(OC)cc1. The molecule has 7 heteroatoms. The lowest BCUT2D eigenvalue weighted by Crippen LogP contribution is -2.11. The molecule has 0 saturated carbocycles. The lowest BCUT2D eigenvalue weighted by molar-refractivity contribution is 0.0503. The van der Waals surface area contributed by atoms with Crippen molar-refractivity contribution in [2.75, 3.05) is 20.8 Å². The number of phenolic OH excluding ortho intramolecular Hbond substituents is 3. The van der Waals surface area contributed by atoms with Crippen molar-refractivity contribution in [2.24, 2.45) is 0 Å². The van der Waals surface area contributed by atoms with Crippen molar-refractivity contribution in [3.05, 3.63) is 76.3 Å². The average molecular weight is 472 g/mol. The number of ether oxygens (including phenoxy) is 3. The number of carbonyl (C=O) groups is 1. The second-order valence-electron chi connectivity index (χ2n) is 7.26. The van der Waals surface area contributed by atoms with Crippen LogP contribution in [0.15, 0.2) is 48.5 Å². The van der Waals surface area contributed by atoms with Gasteiger partial charge < -0.3 is 29.5 Å². The number of rotatable bonds is 5. The van der Waals surface area contributed by atoms with Gasteiger partial charge in [0.05, 0.1) is 37.5 Å². The van der Waals surface area contributed by atoms with Crippen LogP contribution in [0.5, 0.6) is 28.7 Å². The molecule has 0 radical (unpaired) electrons. The molecule has 0 unspecified atom stereocenters. The fourth-order valence-corrected chi connectivity index (χ4v) is 3.04. The van der Waals surface area contributed by atoms with E-state index in [1.807, 2.05) is 6.92 Å². The molecule has 0 aliphatic rings. The summed E-state index contributed by atoms with van der Waals surface area (Å²) >= 11 is 0. The van der Waals surface area contributed by atoms with Crippen molar-refractivity contribution in [1.82, 2.24) is 0 Å². The maximum Gasteiger partial charge on any atom is 0.340 e. The Balaban J connectivity index is 2.18. The highest BCUT2D eigenvalue weighted by molar-refractivity contribution is 5.98. The van der Waals surface area contributed by atoms with Crippen LogP contribution in [-0.4, -0.2) is 42.1 Å². The molecule has 0 atom stereocenters. The Morgan fingerprint density at radius 3 is 1.51 bits per heavy atom. The Hall–Kier alpha value is -4.75. The maximum absolute atomic E-state index is 13.0. The Kier molecular flexibility index (Phi) is 8.11. The molecule has 0 heterocycles. The quantitative estimate of drug-likeness (QED) is 0.291. The van der Waals surface area contributed by atoms with E-state index in [0.29, 0.717) is 29.0 Å². The normalized spacial score (nSPS) is 9.80. The van der Waals surface area contributed by atoms with Crippen molar-refractivity contribution in [3.63, 3.8) is 0 Å². The maximum atomic E-state index is 13.0. The number of hydrogen-bond acceptors (Lipinski definition) is 7. The van der Waals surface area contributed by atoms with Gasteiger partial charge in [0.25, 0.3) is 0 Å². The van der Waals surface area contributed by atoms with E-state index in [-0.39, 0.29) is 23.3 Å². The van der Waals surface area contributed by atoms with Crippen molar-refractivity contribution in [3.8, 4) is 52.4 Å². The minimum Gasteiger partial charge on any atom is -0.503 e. The Labute approximate surface area is 203 Å². The van der Waals surface area contributed by atoms with E-state index in [1.54, 1.807) is 62.8 Å². The fourth-order valence-electron chi connectivity index (χ4n) is 3.04. The number of benzene rings is 3. The van der Waals surface area contributed by atoms with Gasteiger partial charge in [-0.1, -0.05) is 30.6 Å². The molecular formula is C28H24O7. The fraction of sp³-hybridized carbons (Fsp3) is 0.179. The number of carbonyl (C=O) groups excluding carboxylic acids is 1. The standard InChI is InChI=1S/C28H24O7/c1-4-17-35-28(32)24-22(15-9-18-5-11-20(33-2)12-6-18)25(29)27(31)26(30)23(24)16-10-19-7-13-21(34-3)14-8-19/h5-8,11-14,29-31H,4,17H2,1-3H3. The predicted molar refractivity (Wildman–Crippen MR) is 130 cm³/mol. The molecule has 7 nitrogen and oxygen atoms in total. The lowest BCUT2D eigenvalue weighted by Gasteiger charge is -2.13. The molecule has 0 aliphatic heterocycles. The molecule has 0 saturated heterocycles. The van der Waals surface area contributed by atoms with Gasteiger partial charge in [0.2, 0.25) is 5.75 Å². The third kappa shape index (κ3) is 5.79. The Morgan fingerprint density at radius 2 is 1.14 bits per heavy atom. The van der Waals surface area contributed by atoms with Crippen molar-refractivity contribution in [1.29, 1.82) is 0 Å². The van der Waals surface area contributed by atoms with Crippen LogP contribution in [0.2, 0.25) is 0 Å². The van der Waals surface area contributed by atoms with Gasteiger partial charge in [-0.2, -0.15) is 0 Å². The van der Waals surface area contributed by atoms with E-state index >= 15 is 0 Å². The van der Waals surface area contributed by atoms with E-state index in [9.17, 15) is 20.1 Å². The molecule has 0 fully saturated rings. The summed E-state index contributed by atoms with van der Waals surface area (Å²) < 4.78 is 15.5. The molecule has 0 bridgehead atoms. The monoisotopic (exact) mass is 472 g/mol. The van der Waals surface area contributed by atoms with Gasteiger partial charge in [0, 0.05) is 11.1 Å². The van der Waals surface area contributed by atoms with E-state index < -0.39 is 23.2 Å². The molecule has 3 N–H and O–H groups in total. The molecular weight excluding hydrogens is 448 g/mol. The second-order valence-corrected chi connectivity index (χ2v) is 7.26. The number of methoxy groups -OCH3 is 2. The lowest BCUT2D eigenvalue weighted by atomic mass is 9.97.